The average Bonchev–Trinajstić information content (AvgIpc) is 3.01. The standard InChI is InChI=1S/C22H14FNO/c1-2-7-15-8-3-4-11-18(15)24-14-16-9-5-12-19-21(16)22-17(23)10-6-13-20(22)25-19/h1,3-13H,14H2/b15-7-,24-18-. The van der Waals surface area contributed by atoms with Gasteiger partial charge in [-0.2, -0.15) is 0 Å². The van der Waals surface area contributed by atoms with Crippen molar-refractivity contribution in [3.8, 4) is 12.3 Å². The van der Waals surface area contributed by atoms with Crippen LogP contribution in [0.4, 0.5) is 4.39 Å². The predicted molar refractivity (Wildman–Crippen MR) is 100 cm³/mol. The number of terminal acetylenes is 1. The summed E-state index contributed by atoms with van der Waals surface area (Å²) >= 11 is 0. The highest BCUT2D eigenvalue weighted by atomic mass is 19.1. The smallest absolute Gasteiger partial charge is 0.138 e. The summed E-state index contributed by atoms with van der Waals surface area (Å²) in [7, 11) is 0. The molecule has 0 amide bonds. The Morgan fingerprint density at radius 3 is 2.64 bits per heavy atom. The van der Waals surface area contributed by atoms with Gasteiger partial charge in [-0.15, -0.1) is 6.42 Å². The van der Waals surface area contributed by atoms with Crippen LogP contribution in [0.1, 0.15) is 5.56 Å². The minimum absolute atomic E-state index is 0.287. The lowest BCUT2D eigenvalue weighted by Crippen LogP contribution is -2.01. The van der Waals surface area contributed by atoms with Gasteiger partial charge in [0.2, 0.25) is 0 Å². The van der Waals surface area contributed by atoms with Gasteiger partial charge in [0.15, 0.2) is 0 Å². The Morgan fingerprint density at radius 2 is 1.80 bits per heavy atom. The lowest BCUT2D eigenvalue weighted by Gasteiger charge is -2.06. The number of furan rings is 1. The van der Waals surface area contributed by atoms with Crippen LogP contribution in [0.3, 0.4) is 0 Å². The first-order chi connectivity index (χ1) is 12.3. The molecule has 1 aliphatic rings. The molecule has 1 aromatic heterocycles. The number of hydrogen-bond acceptors (Lipinski definition) is 2. The Kier molecular flexibility index (Phi) is 3.80. The maximum Gasteiger partial charge on any atom is 0.138 e. The zero-order valence-corrected chi connectivity index (χ0v) is 13.4. The molecule has 0 unspecified atom stereocenters. The fraction of sp³-hybridized carbons (Fsp3) is 0.0455. The average molecular weight is 327 g/mol. The van der Waals surface area contributed by atoms with Crippen molar-refractivity contribution in [2.45, 2.75) is 6.54 Å². The van der Waals surface area contributed by atoms with E-state index in [1.54, 1.807) is 18.2 Å². The number of hydrogen-bond donors (Lipinski definition) is 0. The molecular weight excluding hydrogens is 313 g/mol. The molecular formula is C22H14FNO. The zero-order chi connectivity index (χ0) is 17.2. The second kappa shape index (κ2) is 6.26. The molecule has 2 aromatic carbocycles. The third-order valence-electron chi connectivity index (χ3n) is 4.15. The van der Waals surface area contributed by atoms with E-state index in [9.17, 15) is 4.39 Å². The van der Waals surface area contributed by atoms with Crippen LogP contribution in [-0.2, 0) is 6.54 Å². The summed E-state index contributed by atoms with van der Waals surface area (Å²) in [5.74, 6) is 2.24. The number of halogens is 1. The van der Waals surface area contributed by atoms with E-state index >= 15 is 0 Å². The van der Waals surface area contributed by atoms with Crippen molar-refractivity contribution in [1.29, 1.82) is 0 Å². The number of benzene rings is 2. The van der Waals surface area contributed by atoms with Crippen molar-refractivity contribution >= 4 is 27.7 Å². The second-order valence-corrected chi connectivity index (χ2v) is 5.69. The SMILES string of the molecule is C#C/C=C1/C=CC=C/C1=N/Cc1cccc2oc3cccc(F)c3c12. The molecule has 120 valence electrons. The van der Waals surface area contributed by atoms with Crippen LogP contribution in [0.2, 0.25) is 0 Å². The number of allylic oxidation sites excluding steroid dienone is 6. The van der Waals surface area contributed by atoms with Gasteiger partial charge in [0.25, 0.3) is 0 Å². The highest BCUT2D eigenvalue weighted by Gasteiger charge is 2.14. The van der Waals surface area contributed by atoms with E-state index in [-0.39, 0.29) is 5.82 Å². The fourth-order valence-corrected chi connectivity index (χ4v) is 3.04. The molecule has 0 saturated carbocycles. The highest BCUT2D eigenvalue weighted by Crippen LogP contribution is 2.33. The molecule has 0 spiro atoms. The van der Waals surface area contributed by atoms with Crippen LogP contribution >= 0.6 is 0 Å². The Morgan fingerprint density at radius 1 is 1.04 bits per heavy atom. The maximum absolute atomic E-state index is 14.3. The van der Waals surface area contributed by atoms with Gasteiger partial charge < -0.3 is 4.42 Å². The summed E-state index contributed by atoms with van der Waals surface area (Å²) in [4.78, 5) is 4.67. The van der Waals surface area contributed by atoms with E-state index in [2.05, 4.69) is 10.9 Å². The largest absolute Gasteiger partial charge is 0.456 e. The Hall–Kier alpha value is -3.38. The first kappa shape index (κ1) is 15.2. The van der Waals surface area contributed by atoms with Crippen molar-refractivity contribution in [2.24, 2.45) is 4.99 Å². The summed E-state index contributed by atoms with van der Waals surface area (Å²) in [5.41, 5.74) is 3.82. The van der Waals surface area contributed by atoms with Crippen LogP contribution in [-0.4, -0.2) is 5.71 Å². The summed E-state index contributed by atoms with van der Waals surface area (Å²) in [6.45, 7) is 0.412. The summed E-state index contributed by atoms with van der Waals surface area (Å²) in [6.07, 6.45) is 14.7. The molecule has 0 N–H and O–H groups in total. The maximum atomic E-state index is 14.3. The van der Waals surface area contributed by atoms with Crippen LogP contribution in [0.5, 0.6) is 0 Å². The van der Waals surface area contributed by atoms with Crippen molar-refractivity contribution in [1.82, 2.24) is 0 Å². The summed E-state index contributed by atoms with van der Waals surface area (Å²) < 4.78 is 20.1. The first-order valence-corrected chi connectivity index (χ1v) is 7.92. The molecule has 4 rings (SSSR count). The normalized spacial score (nSPS) is 17.0. The molecule has 0 saturated heterocycles. The van der Waals surface area contributed by atoms with Crippen molar-refractivity contribution in [3.05, 3.63) is 83.7 Å². The van der Waals surface area contributed by atoms with E-state index in [1.807, 2.05) is 42.5 Å². The fourth-order valence-electron chi connectivity index (χ4n) is 3.04. The van der Waals surface area contributed by atoms with Crippen LogP contribution in [0, 0.1) is 18.2 Å². The van der Waals surface area contributed by atoms with E-state index in [0.29, 0.717) is 23.1 Å². The number of rotatable bonds is 2. The lowest BCUT2D eigenvalue weighted by atomic mass is 10.0. The Labute approximate surface area is 144 Å². The van der Waals surface area contributed by atoms with Gasteiger partial charge >= 0.3 is 0 Å². The summed E-state index contributed by atoms with van der Waals surface area (Å²) in [5, 5.41) is 1.28. The second-order valence-electron chi connectivity index (χ2n) is 5.69. The minimum atomic E-state index is -0.287. The molecule has 3 aromatic rings. The molecule has 0 atom stereocenters. The van der Waals surface area contributed by atoms with Gasteiger partial charge in [0, 0.05) is 11.0 Å². The Bertz CT molecular complexity index is 1140. The third-order valence-corrected chi connectivity index (χ3v) is 4.15. The van der Waals surface area contributed by atoms with Gasteiger partial charge in [-0.3, -0.25) is 4.99 Å². The molecule has 1 heterocycles. The third kappa shape index (κ3) is 2.68. The quantitative estimate of drug-likeness (QED) is 0.582. The van der Waals surface area contributed by atoms with Gasteiger partial charge in [-0.1, -0.05) is 42.3 Å². The number of nitrogens with zero attached hydrogens (tertiary/aromatic N) is 1. The van der Waals surface area contributed by atoms with Crippen molar-refractivity contribution in [3.63, 3.8) is 0 Å². The highest BCUT2D eigenvalue weighted by molar-refractivity contribution is 6.12. The Balaban J connectivity index is 1.83. The van der Waals surface area contributed by atoms with Crippen molar-refractivity contribution in [2.75, 3.05) is 0 Å². The van der Waals surface area contributed by atoms with Gasteiger partial charge in [0.05, 0.1) is 17.6 Å². The van der Waals surface area contributed by atoms with E-state index < -0.39 is 0 Å². The lowest BCUT2D eigenvalue weighted by molar-refractivity contribution is 0.634. The van der Waals surface area contributed by atoms with Crippen molar-refractivity contribution < 1.29 is 8.81 Å². The molecule has 0 fully saturated rings. The molecule has 0 radical (unpaired) electrons. The van der Waals surface area contributed by atoms with Gasteiger partial charge in [-0.25, -0.2) is 4.39 Å². The summed E-state index contributed by atoms with van der Waals surface area (Å²) in [6, 6.07) is 10.6. The first-order valence-electron chi connectivity index (χ1n) is 7.92. The molecule has 0 bridgehead atoms. The molecule has 0 aliphatic heterocycles. The number of fused-ring (bicyclic) bond motifs is 3. The minimum Gasteiger partial charge on any atom is -0.456 e. The molecule has 3 heteroatoms. The van der Waals surface area contributed by atoms with Crippen LogP contribution < -0.4 is 0 Å². The molecule has 2 nitrogen and oxygen atoms in total. The molecule has 25 heavy (non-hydrogen) atoms. The number of aliphatic imine (C=N–C) groups is 1. The predicted octanol–water partition coefficient (Wildman–Crippen LogP) is 5.35. The topological polar surface area (TPSA) is 25.5 Å². The van der Waals surface area contributed by atoms with Gasteiger partial charge in [0.1, 0.15) is 17.0 Å². The van der Waals surface area contributed by atoms with E-state index in [1.165, 1.54) is 6.07 Å². The van der Waals surface area contributed by atoms with Crippen LogP contribution in [0.25, 0.3) is 21.9 Å². The molecule has 1 aliphatic carbocycles. The van der Waals surface area contributed by atoms with Crippen LogP contribution in [0.15, 0.2) is 81.8 Å². The zero-order valence-electron chi connectivity index (χ0n) is 13.4. The van der Waals surface area contributed by atoms with E-state index in [4.69, 9.17) is 10.8 Å². The van der Waals surface area contributed by atoms with Gasteiger partial charge in [-0.05, 0) is 35.9 Å². The van der Waals surface area contributed by atoms with E-state index in [0.717, 1.165) is 22.2 Å². The monoisotopic (exact) mass is 327 g/mol.